The second kappa shape index (κ2) is 7.19. The van der Waals surface area contributed by atoms with E-state index in [9.17, 15) is 27.1 Å². The fraction of sp³-hybridized carbons (Fsp3) is 0.600. The Balaban J connectivity index is 1.58. The van der Waals surface area contributed by atoms with Crippen molar-refractivity contribution in [2.45, 2.75) is 45.1 Å². The van der Waals surface area contributed by atoms with E-state index in [-0.39, 0.29) is 36.8 Å². The molecule has 1 saturated carbocycles. The van der Waals surface area contributed by atoms with Gasteiger partial charge >= 0.3 is 16.3 Å². The van der Waals surface area contributed by atoms with Crippen LogP contribution in [-0.2, 0) is 14.9 Å². The molecular formula is C20H26F2N4O5S. The molecule has 1 amide bonds. The van der Waals surface area contributed by atoms with Crippen LogP contribution in [0.15, 0.2) is 17.9 Å². The van der Waals surface area contributed by atoms with Crippen molar-refractivity contribution < 1.29 is 31.8 Å². The third-order valence-corrected chi connectivity index (χ3v) is 7.44. The van der Waals surface area contributed by atoms with Crippen molar-refractivity contribution >= 4 is 33.4 Å². The van der Waals surface area contributed by atoms with Gasteiger partial charge in [0.05, 0.1) is 17.9 Å². The molecule has 0 radical (unpaired) electrons. The zero-order valence-electron chi connectivity index (χ0n) is 18.3. The van der Waals surface area contributed by atoms with E-state index >= 15 is 0 Å². The Morgan fingerprint density at radius 2 is 2.00 bits per heavy atom. The molecule has 1 aromatic rings. The van der Waals surface area contributed by atoms with Crippen LogP contribution in [0.3, 0.4) is 0 Å². The number of hydrogen-bond acceptors (Lipinski definition) is 6. The number of carbonyl (C=O) groups excluding carboxylic acids is 1. The number of aliphatic hydroxyl groups excluding tert-OH is 1. The second-order valence-corrected chi connectivity index (χ2v) is 11.2. The summed E-state index contributed by atoms with van der Waals surface area (Å²) in [7, 11) is -2.69. The Kier molecular flexibility index (Phi) is 5.07. The maximum atomic E-state index is 13.4. The summed E-state index contributed by atoms with van der Waals surface area (Å²) >= 11 is 0. The minimum absolute atomic E-state index is 0.0555. The molecule has 9 nitrogen and oxygen atoms in total. The van der Waals surface area contributed by atoms with Crippen molar-refractivity contribution in [1.29, 1.82) is 0 Å². The van der Waals surface area contributed by atoms with Crippen LogP contribution in [0, 0.1) is 5.92 Å². The lowest BCUT2D eigenvalue weighted by Gasteiger charge is -2.30. The zero-order chi connectivity index (χ0) is 23.6. The lowest BCUT2D eigenvalue weighted by atomic mass is 10.0. The number of anilines is 2. The van der Waals surface area contributed by atoms with Crippen LogP contribution in [0.25, 0.3) is 5.57 Å². The number of hydrogen-bond donors (Lipinski definition) is 1. The van der Waals surface area contributed by atoms with Gasteiger partial charge in [0, 0.05) is 38.0 Å². The molecule has 12 heteroatoms. The predicted molar refractivity (Wildman–Crippen MR) is 114 cm³/mol. The summed E-state index contributed by atoms with van der Waals surface area (Å²) in [5, 5.41) is 10.6. The molecule has 0 spiro atoms. The molecule has 0 aromatic carbocycles. The predicted octanol–water partition coefficient (Wildman–Crippen LogP) is 3.15. The Bertz CT molecular complexity index is 1100. The van der Waals surface area contributed by atoms with Gasteiger partial charge in [0.15, 0.2) is 5.82 Å². The molecule has 4 rings (SSSR count). The highest BCUT2D eigenvalue weighted by Gasteiger charge is 2.59. The number of ether oxygens (including phenoxy) is 1. The monoisotopic (exact) mass is 472 g/mol. The summed E-state index contributed by atoms with van der Waals surface area (Å²) < 4.78 is 59.5. The molecule has 3 aliphatic rings. The fourth-order valence-electron chi connectivity index (χ4n) is 3.78. The third kappa shape index (κ3) is 3.96. The molecule has 1 aliphatic carbocycles. The average Bonchev–Trinajstić information content (AvgIpc) is 3.24. The van der Waals surface area contributed by atoms with Gasteiger partial charge in [-0.1, -0.05) is 0 Å². The van der Waals surface area contributed by atoms with Crippen LogP contribution in [0.5, 0.6) is 0 Å². The van der Waals surface area contributed by atoms with Crippen molar-refractivity contribution in [2.75, 3.05) is 35.3 Å². The molecule has 0 saturated heterocycles. The molecular weight excluding hydrogens is 446 g/mol. The summed E-state index contributed by atoms with van der Waals surface area (Å²) in [5.74, 6) is -3.81. The van der Waals surface area contributed by atoms with E-state index in [0.717, 1.165) is 8.61 Å². The molecule has 3 heterocycles. The largest absolute Gasteiger partial charge is 0.510 e. The first-order valence-electron chi connectivity index (χ1n) is 10.3. The Morgan fingerprint density at radius 3 is 2.56 bits per heavy atom. The normalized spacial score (nSPS) is 23.9. The standard InChI is InChI=1S/C20H26F2N4O5S/c1-19(2,3)31-18(28)25-8-7-13(16(27)11-25)14-5-6-15-17(23-14)24(4)32(29,30)26(15)10-12-9-20(12,21)22/h5-6,12,27H,7-11H2,1-4H3. The maximum absolute atomic E-state index is 13.4. The number of aliphatic hydroxyl groups is 1. The molecule has 1 aromatic heterocycles. The van der Waals surface area contributed by atoms with Crippen molar-refractivity contribution in [3.63, 3.8) is 0 Å². The van der Waals surface area contributed by atoms with E-state index in [0.29, 0.717) is 24.2 Å². The van der Waals surface area contributed by atoms with Gasteiger partial charge in [-0.3, -0.25) is 0 Å². The highest BCUT2D eigenvalue weighted by Crippen LogP contribution is 2.51. The van der Waals surface area contributed by atoms with Gasteiger partial charge in [-0.05, 0) is 39.3 Å². The molecule has 1 unspecified atom stereocenters. The first-order chi connectivity index (χ1) is 14.7. The van der Waals surface area contributed by atoms with Crippen LogP contribution in [0.2, 0.25) is 0 Å². The maximum Gasteiger partial charge on any atom is 0.410 e. The number of alkyl halides is 2. The smallest absolute Gasteiger partial charge is 0.410 e. The summed E-state index contributed by atoms with van der Waals surface area (Å²) in [6, 6.07) is 3.07. The Morgan fingerprint density at radius 1 is 1.34 bits per heavy atom. The van der Waals surface area contributed by atoms with Gasteiger partial charge in [-0.15, -0.1) is 0 Å². The minimum Gasteiger partial charge on any atom is -0.510 e. The quantitative estimate of drug-likeness (QED) is 0.725. The number of aromatic nitrogens is 1. The highest BCUT2D eigenvalue weighted by atomic mass is 32.2. The zero-order valence-corrected chi connectivity index (χ0v) is 19.1. The van der Waals surface area contributed by atoms with Crippen LogP contribution in [-0.4, -0.2) is 67.7 Å². The van der Waals surface area contributed by atoms with Gasteiger partial charge < -0.3 is 14.7 Å². The van der Waals surface area contributed by atoms with E-state index in [1.807, 2.05) is 0 Å². The topological polar surface area (TPSA) is 103 Å². The van der Waals surface area contributed by atoms with E-state index in [2.05, 4.69) is 4.98 Å². The van der Waals surface area contributed by atoms with Crippen LogP contribution < -0.4 is 8.61 Å². The molecule has 1 atom stereocenters. The molecule has 176 valence electrons. The molecule has 32 heavy (non-hydrogen) atoms. The molecule has 1 fully saturated rings. The number of fused-ring (bicyclic) bond motifs is 1. The van der Waals surface area contributed by atoms with Crippen LogP contribution >= 0.6 is 0 Å². The lowest BCUT2D eigenvalue weighted by Crippen LogP contribution is -2.40. The number of halogens is 2. The average molecular weight is 473 g/mol. The number of carbonyl (C=O) groups is 1. The van der Waals surface area contributed by atoms with Crippen molar-refractivity contribution in [2.24, 2.45) is 5.92 Å². The minimum atomic E-state index is -4.01. The number of pyridine rings is 1. The van der Waals surface area contributed by atoms with Gasteiger partial charge in [0.2, 0.25) is 0 Å². The summed E-state index contributed by atoms with van der Waals surface area (Å²) in [4.78, 5) is 18.1. The second-order valence-electron chi connectivity index (χ2n) is 9.28. The fourth-order valence-corrected chi connectivity index (χ4v) is 5.19. The van der Waals surface area contributed by atoms with E-state index < -0.39 is 33.7 Å². The van der Waals surface area contributed by atoms with Gasteiger partial charge in [0.25, 0.3) is 5.92 Å². The summed E-state index contributed by atoms with van der Waals surface area (Å²) in [6.07, 6.45) is -0.576. The third-order valence-electron chi connectivity index (χ3n) is 5.67. The molecule has 2 aliphatic heterocycles. The van der Waals surface area contributed by atoms with Gasteiger partial charge in [-0.2, -0.15) is 8.42 Å². The summed E-state index contributed by atoms with van der Waals surface area (Å²) in [5.41, 5.74) is 0.423. The Hall–Kier alpha value is -2.63. The highest BCUT2D eigenvalue weighted by molar-refractivity contribution is 7.94. The number of nitrogens with zero attached hydrogens (tertiary/aromatic N) is 4. The molecule has 0 bridgehead atoms. The SMILES string of the molecule is CN1c2nc(C3=C(O)CN(C(=O)OC(C)(C)C)CC3)ccc2N(CC2CC2(F)F)S1(=O)=O. The van der Waals surface area contributed by atoms with E-state index in [4.69, 9.17) is 4.74 Å². The van der Waals surface area contributed by atoms with Gasteiger partial charge in [0.1, 0.15) is 11.4 Å². The number of amides is 1. The summed E-state index contributed by atoms with van der Waals surface area (Å²) in [6.45, 7) is 5.19. The van der Waals surface area contributed by atoms with Gasteiger partial charge in [-0.25, -0.2) is 27.2 Å². The first kappa shape index (κ1) is 22.6. The van der Waals surface area contributed by atoms with Crippen molar-refractivity contribution in [3.05, 3.63) is 23.6 Å². The first-order valence-corrected chi connectivity index (χ1v) is 11.6. The number of rotatable bonds is 3. The molecule has 1 N–H and O–H groups in total. The van der Waals surface area contributed by atoms with E-state index in [1.165, 1.54) is 18.0 Å². The van der Waals surface area contributed by atoms with Crippen LogP contribution in [0.4, 0.5) is 25.1 Å². The van der Waals surface area contributed by atoms with E-state index in [1.54, 1.807) is 26.8 Å². The lowest BCUT2D eigenvalue weighted by molar-refractivity contribution is 0.0243. The van der Waals surface area contributed by atoms with Crippen LogP contribution in [0.1, 0.15) is 39.3 Å². The van der Waals surface area contributed by atoms with Crippen molar-refractivity contribution in [1.82, 2.24) is 9.88 Å². The Labute approximate surface area is 185 Å². The van der Waals surface area contributed by atoms with Crippen molar-refractivity contribution in [3.8, 4) is 0 Å².